The number of rotatable bonds is 6. The van der Waals surface area contributed by atoms with Crippen LogP contribution >= 0.6 is 15.9 Å². The number of hydrogen-bond acceptors (Lipinski definition) is 3. The van der Waals surface area contributed by atoms with E-state index in [4.69, 9.17) is 9.47 Å². The van der Waals surface area contributed by atoms with E-state index in [9.17, 15) is 4.39 Å². The molecule has 0 atom stereocenters. The van der Waals surface area contributed by atoms with Crippen LogP contribution in [0.25, 0.3) is 0 Å². The molecule has 1 N–H and O–H groups in total. The molecule has 2 aromatic carbocycles. The molecule has 0 aliphatic rings. The van der Waals surface area contributed by atoms with Gasteiger partial charge in [-0.1, -0.05) is 0 Å². The number of nitrogens with one attached hydrogen (secondary N) is 1. The molecule has 0 aliphatic heterocycles. The van der Waals surface area contributed by atoms with Crippen molar-refractivity contribution in [2.24, 2.45) is 0 Å². The lowest BCUT2D eigenvalue weighted by Crippen LogP contribution is -2.11. The van der Waals surface area contributed by atoms with Crippen molar-refractivity contribution in [3.8, 4) is 11.5 Å². The Kier molecular flexibility index (Phi) is 5.24. The van der Waals surface area contributed by atoms with Crippen LogP contribution in [0.2, 0.25) is 0 Å². The lowest BCUT2D eigenvalue weighted by atomic mass is 10.3. The van der Waals surface area contributed by atoms with Crippen molar-refractivity contribution in [2.45, 2.75) is 0 Å². The Morgan fingerprint density at radius 3 is 2.45 bits per heavy atom. The van der Waals surface area contributed by atoms with E-state index in [-0.39, 0.29) is 5.82 Å². The number of hydrogen-bond donors (Lipinski definition) is 1. The number of methoxy groups -OCH3 is 1. The second kappa shape index (κ2) is 7.14. The molecule has 0 aromatic heterocycles. The quantitative estimate of drug-likeness (QED) is 0.804. The normalized spacial score (nSPS) is 10.2. The average Bonchev–Trinajstić information content (AvgIpc) is 2.48. The van der Waals surface area contributed by atoms with Crippen LogP contribution in [-0.2, 0) is 0 Å². The van der Waals surface area contributed by atoms with Gasteiger partial charge >= 0.3 is 0 Å². The summed E-state index contributed by atoms with van der Waals surface area (Å²) in [6, 6.07) is 12.2. The lowest BCUT2D eigenvalue weighted by Gasteiger charge is -2.09. The fourth-order valence-corrected chi connectivity index (χ4v) is 2.02. The third-order valence-electron chi connectivity index (χ3n) is 2.68. The number of anilines is 1. The van der Waals surface area contributed by atoms with Gasteiger partial charge < -0.3 is 14.8 Å². The Hall–Kier alpha value is -1.75. The molecule has 2 rings (SSSR count). The van der Waals surface area contributed by atoms with Crippen molar-refractivity contribution >= 4 is 21.6 Å². The Morgan fingerprint density at radius 2 is 1.80 bits per heavy atom. The van der Waals surface area contributed by atoms with E-state index >= 15 is 0 Å². The molecule has 0 bridgehead atoms. The van der Waals surface area contributed by atoms with Crippen LogP contribution in [0.1, 0.15) is 0 Å². The zero-order valence-electron chi connectivity index (χ0n) is 11.0. The molecule has 106 valence electrons. The molecular formula is C15H15BrFNO2. The summed E-state index contributed by atoms with van der Waals surface area (Å²) in [6.07, 6.45) is 0. The highest BCUT2D eigenvalue weighted by atomic mass is 79.9. The zero-order valence-corrected chi connectivity index (χ0v) is 12.6. The van der Waals surface area contributed by atoms with Crippen LogP contribution in [0, 0.1) is 5.82 Å². The Labute approximate surface area is 125 Å². The summed E-state index contributed by atoms with van der Waals surface area (Å²) >= 11 is 3.15. The summed E-state index contributed by atoms with van der Waals surface area (Å²) in [5.41, 5.74) is 0.844. The van der Waals surface area contributed by atoms with Gasteiger partial charge in [0.25, 0.3) is 0 Å². The summed E-state index contributed by atoms with van der Waals surface area (Å²) in [7, 11) is 1.63. The summed E-state index contributed by atoms with van der Waals surface area (Å²) in [5.74, 6) is 1.31. The molecule has 0 amide bonds. The maximum absolute atomic E-state index is 13.1. The summed E-state index contributed by atoms with van der Waals surface area (Å²) in [6.45, 7) is 1.14. The molecule has 0 fully saturated rings. The highest BCUT2D eigenvalue weighted by Crippen LogP contribution is 2.20. The monoisotopic (exact) mass is 339 g/mol. The van der Waals surface area contributed by atoms with Crippen LogP contribution in [0.5, 0.6) is 11.5 Å². The van der Waals surface area contributed by atoms with Crippen LogP contribution < -0.4 is 14.8 Å². The fourth-order valence-electron chi connectivity index (χ4n) is 1.64. The maximum atomic E-state index is 13.1. The Bertz CT molecular complexity index is 560. The van der Waals surface area contributed by atoms with Crippen molar-refractivity contribution in [2.75, 3.05) is 25.6 Å². The van der Waals surface area contributed by atoms with E-state index in [1.807, 2.05) is 24.3 Å². The average molecular weight is 340 g/mol. The summed E-state index contributed by atoms with van der Waals surface area (Å²) in [4.78, 5) is 0. The number of benzene rings is 2. The van der Waals surface area contributed by atoms with E-state index in [1.54, 1.807) is 19.2 Å². The predicted octanol–water partition coefficient (Wildman–Crippen LogP) is 4.09. The van der Waals surface area contributed by atoms with Crippen molar-refractivity contribution in [1.82, 2.24) is 0 Å². The standard InChI is InChI=1S/C15H15BrFNO2/c1-19-12-3-5-13(6-4-12)20-9-8-18-11-2-7-15(17)14(16)10-11/h2-7,10,18H,8-9H2,1H3. The van der Waals surface area contributed by atoms with Crippen LogP contribution in [0.4, 0.5) is 10.1 Å². The molecule has 0 saturated heterocycles. The Balaban J connectivity index is 1.76. The highest BCUT2D eigenvalue weighted by molar-refractivity contribution is 9.10. The van der Waals surface area contributed by atoms with E-state index in [1.165, 1.54) is 6.07 Å². The van der Waals surface area contributed by atoms with Gasteiger partial charge in [0.05, 0.1) is 11.6 Å². The van der Waals surface area contributed by atoms with Gasteiger partial charge in [0.15, 0.2) is 0 Å². The molecule has 0 heterocycles. The SMILES string of the molecule is COc1ccc(OCCNc2ccc(F)c(Br)c2)cc1. The first-order valence-corrected chi connectivity index (χ1v) is 6.94. The fraction of sp³-hybridized carbons (Fsp3) is 0.200. The smallest absolute Gasteiger partial charge is 0.137 e. The number of halogens is 2. The van der Waals surface area contributed by atoms with Crippen molar-refractivity contribution < 1.29 is 13.9 Å². The number of ether oxygens (including phenoxy) is 2. The van der Waals surface area contributed by atoms with Crippen LogP contribution in [0.15, 0.2) is 46.9 Å². The molecule has 0 unspecified atom stereocenters. The third kappa shape index (κ3) is 4.13. The van der Waals surface area contributed by atoms with E-state index in [0.29, 0.717) is 17.6 Å². The first-order valence-electron chi connectivity index (χ1n) is 6.15. The molecule has 0 spiro atoms. The largest absolute Gasteiger partial charge is 0.497 e. The second-order valence-corrected chi connectivity index (χ2v) is 4.93. The first kappa shape index (κ1) is 14.7. The molecule has 5 heteroatoms. The van der Waals surface area contributed by atoms with E-state index < -0.39 is 0 Å². The minimum atomic E-state index is -0.273. The maximum Gasteiger partial charge on any atom is 0.137 e. The predicted molar refractivity (Wildman–Crippen MR) is 81.1 cm³/mol. The summed E-state index contributed by atoms with van der Waals surface area (Å²) < 4.78 is 24.2. The van der Waals surface area contributed by atoms with Gasteiger partial charge in [0.1, 0.15) is 23.9 Å². The molecular weight excluding hydrogens is 325 g/mol. The summed E-state index contributed by atoms with van der Waals surface area (Å²) in [5, 5.41) is 3.16. The molecule has 0 aliphatic carbocycles. The Morgan fingerprint density at radius 1 is 1.10 bits per heavy atom. The first-order chi connectivity index (χ1) is 9.69. The minimum absolute atomic E-state index is 0.273. The third-order valence-corrected chi connectivity index (χ3v) is 3.29. The molecule has 0 radical (unpaired) electrons. The molecule has 0 saturated carbocycles. The van der Waals surface area contributed by atoms with Crippen molar-refractivity contribution in [1.29, 1.82) is 0 Å². The van der Waals surface area contributed by atoms with Gasteiger partial charge in [-0.25, -0.2) is 4.39 Å². The minimum Gasteiger partial charge on any atom is -0.497 e. The van der Waals surface area contributed by atoms with Gasteiger partial charge in [-0.3, -0.25) is 0 Å². The van der Waals surface area contributed by atoms with E-state index in [0.717, 1.165) is 17.2 Å². The molecule has 3 nitrogen and oxygen atoms in total. The van der Waals surface area contributed by atoms with Crippen molar-refractivity contribution in [3.63, 3.8) is 0 Å². The molecule has 20 heavy (non-hydrogen) atoms. The van der Waals surface area contributed by atoms with Gasteiger partial charge in [0.2, 0.25) is 0 Å². The van der Waals surface area contributed by atoms with Gasteiger partial charge in [-0.2, -0.15) is 0 Å². The van der Waals surface area contributed by atoms with Crippen molar-refractivity contribution in [3.05, 3.63) is 52.8 Å². The molecule has 2 aromatic rings. The van der Waals surface area contributed by atoms with Gasteiger partial charge in [-0.05, 0) is 58.4 Å². The topological polar surface area (TPSA) is 30.5 Å². The lowest BCUT2D eigenvalue weighted by molar-refractivity contribution is 0.332. The van der Waals surface area contributed by atoms with Crippen LogP contribution in [0.3, 0.4) is 0 Å². The van der Waals surface area contributed by atoms with Crippen LogP contribution in [-0.4, -0.2) is 20.3 Å². The second-order valence-electron chi connectivity index (χ2n) is 4.08. The van der Waals surface area contributed by atoms with Gasteiger partial charge in [0, 0.05) is 12.2 Å². The van der Waals surface area contributed by atoms with E-state index in [2.05, 4.69) is 21.2 Å². The van der Waals surface area contributed by atoms with Gasteiger partial charge in [-0.15, -0.1) is 0 Å². The zero-order chi connectivity index (χ0) is 14.4. The highest BCUT2D eigenvalue weighted by Gasteiger charge is 2.00.